The predicted molar refractivity (Wildman–Crippen MR) is 134 cm³/mol. The van der Waals surface area contributed by atoms with Gasteiger partial charge in [0, 0.05) is 31.8 Å². The molecule has 0 unspecified atom stereocenters. The first-order chi connectivity index (χ1) is 17.4. The molecule has 3 N–H and O–H groups in total. The second-order valence-corrected chi connectivity index (χ2v) is 9.02. The van der Waals surface area contributed by atoms with E-state index in [1.807, 2.05) is 47.4 Å². The van der Waals surface area contributed by atoms with E-state index in [1.54, 1.807) is 11.6 Å². The summed E-state index contributed by atoms with van der Waals surface area (Å²) >= 11 is 0. The van der Waals surface area contributed by atoms with Crippen LogP contribution < -0.4 is 10.8 Å². The molecule has 0 spiro atoms. The van der Waals surface area contributed by atoms with Gasteiger partial charge in [-0.3, -0.25) is 19.7 Å². The number of unbranched alkanes of at least 4 members (excludes halogenated alkanes) is 2. The Morgan fingerprint density at radius 1 is 1.22 bits per heavy atom. The van der Waals surface area contributed by atoms with Crippen LogP contribution in [0.2, 0.25) is 0 Å². The standard InChI is InChI=1S/C27H35N3O6/c1-3-4-13-21-19(2)17-30-22(18-35-27(33)28-15-10-6-9-14-24(31)29-34)26(32)36-23(25(21)30)16-20-11-7-5-8-12-20/h3-5,7-8,11-13,21-23,25,34H,1-2,6,9-10,14-18H2,(H,28,33)(H,29,31)/b13-4+/t21-,22+,23+,25-/m1/s1. The van der Waals surface area contributed by atoms with E-state index >= 15 is 0 Å². The number of cyclic esters (lactones) is 1. The smallest absolute Gasteiger partial charge is 0.407 e. The molecule has 0 bridgehead atoms. The number of hydrogen-bond donors (Lipinski definition) is 3. The van der Waals surface area contributed by atoms with E-state index in [2.05, 4.69) is 18.5 Å². The van der Waals surface area contributed by atoms with Gasteiger partial charge in [-0.2, -0.15) is 0 Å². The number of hydrogen-bond acceptors (Lipinski definition) is 7. The molecule has 4 atom stereocenters. The van der Waals surface area contributed by atoms with Crippen LogP contribution in [-0.2, 0) is 25.5 Å². The molecule has 2 saturated heterocycles. The summed E-state index contributed by atoms with van der Waals surface area (Å²) in [5, 5.41) is 11.1. The highest BCUT2D eigenvalue weighted by atomic mass is 16.6. The molecular weight excluding hydrogens is 462 g/mol. The summed E-state index contributed by atoms with van der Waals surface area (Å²) in [5.74, 6) is -0.866. The van der Waals surface area contributed by atoms with Crippen LogP contribution in [0.5, 0.6) is 0 Å². The van der Waals surface area contributed by atoms with Gasteiger partial charge >= 0.3 is 12.1 Å². The SMILES string of the molecule is C=C/C=C/[C@@H]1C(=C)CN2[C@H]1[C@H](Cc1ccccc1)OC(=O)[C@@H]2COC(=O)NCCCCCC(=O)NO. The average Bonchev–Trinajstić information content (AvgIpc) is 3.20. The lowest BCUT2D eigenvalue weighted by molar-refractivity contribution is -0.174. The van der Waals surface area contributed by atoms with Crippen molar-refractivity contribution in [3.05, 3.63) is 72.9 Å². The fourth-order valence-corrected chi connectivity index (χ4v) is 4.75. The van der Waals surface area contributed by atoms with E-state index in [9.17, 15) is 14.4 Å². The van der Waals surface area contributed by atoms with Gasteiger partial charge in [0.1, 0.15) is 18.8 Å². The monoisotopic (exact) mass is 497 g/mol. The van der Waals surface area contributed by atoms with Crippen LogP contribution in [0.15, 0.2) is 67.3 Å². The lowest BCUT2D eigenvalue weighted by Crippen LogP contribution is -2.60. The number of morpholine rings is 1. The third-order valence-electron chi connectivity index (χ3n) is 6.51. The van der Waals surface area contributed by atoms with Crippen molar-refractivity contribution in [1.29, 1.82) is 0 Å². The maximum Gasteiger partial charge on any atom is 0.407 e. The number of benzene rings is 1. The Morgan fingerprint density at radius 2 is 2.00 bits per heavy atom. The molecule has 2 fully saturated rings. The average molecular weight is 498 g/mol. The molecule has 1 aromatic carbocycles. The fourth-order valence-electron chi connectivity index (χ4n) is 4.75. The Balaban J connectivity index is 1.58. The van der Waals surface area contributed by atoms with E-state index in [-0.39, 0.29) is 31.1 Å². The van der Waals surface area contributed by atoms with Crippen LogP contribution in [0, 0.1) is 5.92 Å². The number of allylic oxidation sites excluding steroid dienone is 2. The van der Waals surface area contributed by atoms with Gasteiger partial charge in [0.15, 0.2) is 0 Å². The molecule has 36 heavy (non-hydrogen) atoms. The second-order valence-electron chi connectivity index (χ2n) is 9.02. The molecule has 3 rings (SSSR count). The highest BCUT2D eigenvalue weighted by Crippen LogP contribution is 2.38. The van der Waals surface area contributed by atoms with Crippen LogP contribution in [0.1, 0.15) is 31.2 Å². The van der Waals surface area contributed by atoms with Gasteiger partial charge in [-0.05, 0) is 18.4 Å². The van der Waals surface area contributed by atoms with Crippen LogP contribution in [0.3, 0.4) is 0 Å². The maximum atomic E-state index is 13.0. The second kappa shape index (κ2) is 13.6. The molecule has 0 radical (unpaired) electrons. The lowest BCUT2D eigenvalue weighted by Gasteiger charge is -2.42. The van der Waals surface area contributed by atoms with Crippen molar-refractivity contribution in [1.82, 2.24) is 15.7 Å². The molecule has 2 aliphatic rings. The number of ether oxygens (including phenoxy) is 2. The molecule has 0 saturated carbocycles. The Labute approximate surface area is 211 Å². The number of fused-ring (bicyclic) bond motifs is 1. The van der Waals surface area contributed by atoms with E-state index in [0.29, 0.717) is 38.8 Å². The Bertz CT molecular complexity index is 964. The summed E-state index contributed by atoms with van der Waals surface area (Å²) in [7, 11) is 0. The first-order valence-corrected chi connectivity index (χ1v) is 12.2. The summed E-state index contributed by atoms with van der Waals surface area (Å²) in [4.78, 5) is 38.2. The first-order valence-electron chi connectivity index (χ1n) is 12.2. The number of nitrogens with zero attached hydrogens (tertiary/aromatic N) is 1. The minimum atomic E-state index is -0.719. The zero-order chi connectivity index (χ0) is 25.9. The van der Waals surface area contributed by atoms with E-state index < -0.39 is 24.0 Å². The Hall–Kier alpha value is -3.43. The van der Waals surface area contributed by atoms with Crippen molar-refractivity contribution in [2.24, 2.45) is 5.92 Å². The third kappa shape index (κ3) is 7.29. The molecule has 9 nitrogen and oxygen atoms in total. The topological polar surface area (TPSA) is 117 Å². The Kier molecular flexibility index (Phi) is 10.3. The van der Waals surface area contributed by atoms with Gasteiger partial charge in [-0.1, -0.05) is 73.7 Å². The molecule has 2 aliphatic heterocycles. The predicted octanol–water partition coefficient (Wildman–Crippen LogP) is 2.91. The number of nitrogens with one attached hydrogen (secondary N) is 2. The number of esters is 1. The minimum absolute atomic E-state index is 0.0194. The Morgan fingerprint density at radius 3 is 2.72 bits per heavy atom. The third-order valence-corrected chi connectivity index (χ3v) is 6.51. The van der Waals surface area contributed by atoms with Gasteiger partial charge < -0.3 is 14.8 Å². The number of rotatable bonds is 12. The van der Waals surface area contributed by atoms with E-state index in [1.165, 1.54) is 0 Å². The lowest BCUT2D eigenvalue weighted by atomic mass is 9.88. The highest BCUT2D eigenvalue weighted by Gasteiger charge is 2.51. The molecule has 194 valence electrons. The quantitative estimate of drug-likeness (QED) is 0.102. The summed E-state index contributed by atoms with van der Waals surface area (Å²) in [6, 6.07) is 9.05. The zero-order valence-electron chi connectivity index (χ0n) is 20.4. The summed E-state index contributed by atoms with van der Waals surface area (Å²) < 4.78 is 11.3. The summed E-state index contributed by atoms with van der Waals surface area (Å²) in [6.45, 7) is 8.76. The van der Waals surface area contributed by atoms with Crippen molar-refractivity contribution < 1.29 is 29.1 Å². The summed E-state index contributed by atoms with van der Waals surface area (Å²) in [5.41, 5.74) is 3.63. The number of amides is 2. The molecule has 2 amide bonds. The number of hydroxylamine groups is 1. The van der Waals surface area contributed by atoms with Gasteiger partial charge in [-0.15, -0.1) is 0 Å². The summed E-state index contributed by atoms with van der Waals surface area (Å²) in [6.07, 6.45) is 7.42. The highest BCUT2D eigenvalue weighted by molar-refractivity contribution is 5.78. The van der Waals surface area contributed by atoms with Gasteiger partial charge in [0.25, 0.3) is 0 Å². The van der Waals surface area contributed by atoms with Crippen molar-refractivity contribution in [2.45, 2.75) is 50.3 Å². The fraction of sp³-hybridized carbons (Fsp3) is 0.444. The number of carbonyl (C=O) groups is 3. The van der Waals surface area contributed by atoms with Crippen LogP contribution in [0.4, 0.5) is 4.79 Å². The molecule has 1 aromatic rings. The first kappa shape index (κ1) is 27.2. The normalized spacial score (nSPS) is 23.7. The largest absolute Gasteiger partial charge is 0.459 e. The van der Waals surface area contributed by atoms with Crippen LogP contribution in [-0.4, -0.2) is 66.0 Å². The van der Waals surface area contributed by atoms with Gasteiger partial charge in [0.05, 0.1) is 6.04 Å². The van der Waals surface area contributed by atoms with Crippen molar-refractivity contribution in [3.63, 3.8) is 0 Å². The van der Waals surface area contributed by atoms with Gasteiger partial charge in [-0.25, -0.2) is 10.3 Å². The van der Waals surface area contributed by atoms with E-state index in [4.69, 9.17) is 14.7 Å². The minimum Gasteiger partial charge on any atom is -0.459 e. The number of carbonyl (C=O) groups excluding carboxylic acids is 3. The van der Waals surface area contributed by atoms with Crippen molar-refractivity contribution in [3.8, 4) is 0 Å². The van der Waals surface area contributed by atoms with Crippen LogP contribution in [0.25, 0.3) is 0 Å². The van der Waals surface area contributed by atoms with E-state index in [0.717, 1.165) is 11.1 Å². The van der Waals surface area contributed by atoms with Gasteiger partial charge in [0.2, 0.25) is 5.91 Å². The van der Waals surface area contributed by atoms with Crippen molar-refractivity contribution in [2.75, 3.05) is 19.7 Å². The molecule has 9 heteroatoms. The number of alkyl carbamates (subject to hydrolysis) is 1. The van der Waals surface area contributed by atoms with Crippen molar-refractivity contribution >= 4 is 18.0 Å². The molecule has 0 aromatic heterocycles. The van der Waals surface area contributed by atoms with Crippen LogP contribution >= 0.6 is 0 Å². The molecule has 2 heterocycles. The molecule has 0 aliphatic carbocycles. The maximum absolute atomic E-state index is 13.0. The molecular formula is C27H35N3O6. The zero-order valence-corrected chi connectivity index (χ0v) is 20.4.